The second-order valence-corrected chi connectivity index (χ2v) is 8.82. The Balaban J connectivity index is 1.49. The molecule has 1 fully saturated rings. The van der Waals surface area contributed by atoms with Crippen LogP contribution in [0.1, 0.15) is 31.4 Å². The summed E-state index contributed by atoms with van der Waals surface area (Å²) in [5.41, 5.74) is 7.15. The molecular formula is C29H33N. The van der Waals surface area contributed by atoms with Gasteiger partial charge < -0.3 is 0 Å². The Hall–Kier alpha value is -2.64. The largest absolute Gasteiger partial charge is 0.295 e. The second-order valence-electron chi connectivity index (χ2n) is 8.82. The van der Waals surface area contributed by atoms with E-state index >= 15 is 0 Å². The van der Waals surface area contributed by atoms with Crippen LogP contribution in [0.25, 0.3) is 0 Å². The molecule has 1 nitrogen and oxygen atoms in total. The summed E-state index contributed by atoms with van der Waals surface area (Å²) in [5, 5.41) is 0. The Kier molecular flexibility index (Phi) is 6.50. The van der Waals surface area contributed by atoms with E-state index < -0.39 is 0 Å². The lowest BCUT2D eigenvalue weighted by atomic mass is 9.76. The molecule has 2 aliphatic rings. The molecule has 2 aromatic carbocycles. The van der Waals surface area contributed by atoms with Gasteiger partial charge in [0.15, 0.2) is 0 Å². The Bertz CT molecular complexity index is 907. The van der Waals surface area contributed by atoms with Crippen LogP contribution >= 0.6 is 0 Å². The zero-order chi connectivity index (χ0) is 20.9. The van der Waals surface area contributed by atoms with Gasteiger partial charge in [0.05, 0.1) is 0 Å². The lowest BCUT2D eigenvalue weighted by Gasteiger charge is -2.33. The first kappa shape index (κ1) is 20.6. The van der Waals surface area contributed by atoms with Crippen molar-refractivity contribution in [3.63, 3.8) is 0 Å². The molecular weight excluding hydrogens is 362 g/mol. The highest BCUT2D eigenvalue weighted by atomic mass is 15.1. The van der Waals surface area contributed by atoms with Crippen LogP contribution in [-0.2, 0) is 13.1 Å². The first-order chi connectivity index (χ1) is 14.7. The summed E-state index contributed by atoms with van der Waals surface area (Å²) >= 11 is 0. The van der Waals surface area contributed by atoms with Crippen LogP contribution in [0.15, 0.2) is 108 Å². The molecule has 0 amide bonds. The van der Waals surface area contributed by atoms with E-state index in [0.29, 0.717) is 17.8 Å². The minimum absolute atomic E-state index is 0.527. The topological polar surface area (TPSA) is 3.24 Å². The molecule has 0 spiro atoms. The van der Waals surface area contributed by atoms with E-state index in [-0.39, 0.29) is 0 Å². The van der Waals surface area contributed by atoms with Crippen molar-refractivity contribution in [1.29, 1.82) is 0 Å². The molecule has 1 heteroatoms. The zero-order valence-electron chi connectivity index (χ0n) is 18.3. The number of hydrogen-bond donors (Lipinski definition) is 0. The molecule has 2 aliphatic carbocycles. The van der Waals surface area contributed by atoms with Gasteiger partial charge in [-0.25, -0.2) is 0 Å². The molecule has 0 aromatic heterocycles. The number of benzene rings is 2. The van der Waals surface area contributed by atoms with Crippen LogP contribution in [0, 0.1) is 17.8 Å². The third-order valence-corrected chi connectivity index (χ3v) is 6.49. The zero-order valence-corrected chi connectivity index (χ0v) is 18.3. The molecule has 4 rings (SSSR count). The third-order valence-electron chi connectivity index (χ3n) is 6.49. The van der Waals surface area contributed by atoms with E-state index in [0.717, 1.165) is 26.1 Å². The minimum atomic E-state index is 0.527. The summed E-state index contributed by atoms with van der Waals surface area (Å²) < 4.78 is 0. The van der Waals surface area contributed by atoms with E-state index in [1.54, 1.807) is 5.57 Å². The predicted molar refractivity (Wildman–Crippen MR) is 128 cm³/mol. The van der Waals surface area contributed by atoms with Crippen LogP contribution in [0.3, 0.4) is 0 Å². The normalized spacial score (nSPS) is 23.0. The van der Waals surface area contributed by atoms with Gasteiger partial charge in [0.25, 0.3) is 0 Å². The van der Waals surface area contributed by atoms with E-state index in [1.807, 2.05) is 0 Å². The molecule has 2 unspecified atom stereocenters. The quantitative estimate of drug-likeness (QED) is 0.437. The lowest BCUT2D eigenvalue weighted by Crippen LogP contribution is -2.32. The van der Waals surface area contributed by atoms with Gasteiger partial charge in [0, 0.05) is 25.6 Å². The van der Waals surface area contributed by atoms with Crippen molar-refractivity contribution in [3.8, 4) is 0 Å². The first-order valence-corrected chi connectivity index (χ1v) is 11.2. The molecule has 0 saturated heterocycles. The summed E-state index contributed by atoms with van der Waals surface area (Å²) in [7, 11) is 0. The standard InChI is InChI=1S/C29H33N/c1-4-5-16-26-17-27(29-18-28(29)23(26)3)22(2)19-30(20-24-12-8-6-9-13-24)21-25-14-10-7-11-15-25/h4-16,18,22,27-28H,3,17,19-21H2,1-2H3/b5-4-,26-16-/t22?,27-,28?/m0/s1. The van der Waals surface area contributed by atoms with E-state index in [4.69, 9.17) is 0 Å². The van der Waals surface area contributed by atoms with Crippen LogP contribution in [-0.4, -0.2) is 11.4 Å². The van der Waals surface area contributed by atoms with Gasteiger partial charge in [-0.15, -0.1) is 0 Å². The molecule has 3 atom stereocenters. The Morgan fingerprint density at radius 2 is 1.60 bits per heavy atom. The number of nitrogens with zero attached hydrogens (tertiary/aromatic N) is 1. The fourth-order valence-electron chi connectivity index (χ4n) is 4.81. The van der Waals surface area contributed by atoms with Gasteiger partial charge in [-0.1, -0.05) is 104 Å². The van der Waals surface area contributed by atoms with Gasteiger partial charge in [-0.3, -0.25) is 4.90 Å². The van der Waals surface area contributed by atoms with Gasteiger partial charge in [0.1, 0.15) is 0 Å². The highest BCUT2D eigenvalue weighted by Gasteiger charge is 2.42. The number of fused-ring (bicyclic) bond motifs is 1. The molecule has 1 saturated carbocycles. The average Bonchev–Trinajstić information content (AvgIpc) is 3.56. The van der Waals surface area contributed by atoms with Crippen molar-refractivity contribution in [2.45, 2.75) is 33.4 Å². The van der Waals surface area contributed by atoms with Crippen molar-refractivity contribution < 1.29 is 0 Å². The molecule has 30 heavy (non-hydrogen) atoms. The molecule has 2 aromatic rings. The highest BCUT2D eigenvalue weighted by Crippen LogP contribution is 2.53. The summed E-state index contributed by atoms with van der Waals surface area (Å²) in [6.07, 6.45) is 10.1. The Morgan fingerprint density at radius 3 is 2.17 bits per heavy atom. The number of allylic oxidation sites excluding steroid dienone is 7. The van der Waals surface area contributed by atoms with E-state index in [9.17, 15) is 0 Å². The fourth-order valence-corrected chi connectivity index (χ4v) is 4.81. The minimum Gasteiger partial charge on any atom is -0.295 e. The smallest absolute Gasteiger partial charge is 0.0237 e. The number of rotatable bonds is 8. The summed E-state index contributed by atoms with van der Waals surface area (Å²) in [5.74, 6) is 1.77. The monoisotopic (exact) mass is 395 g/mol. The summed E-state index contributed by atoms with van der Waals surface area (Å²) in [6, 6.07) is 21.7. The predicted octanol–water partition coefficient (Wildman–Crippen LogP) is 6.96. The van der Waals surface area contributed by atoms with Crippen molar-refractivity contribution in [3.05, 3.63) is 119 Å². The lowest BCUT2D eigenvalue weighted by molar-refractivity contribution is 0.194. The van der Waals surface area contributed by atoms with Gasteiger partial charge in [-0.05, 0) is 47.5 Å². The van der Waals surface area contributed by atoms with Crippen molar-refractivity contribution in [1.82, 2.24) is 4.90 Å². The SMILES string of the molecule is C=C1/C(=C\C=C/C)C[C@@H](C(C)CN(Cc2ccccc2)Cc2ccccc2)C2=CC12. The van der Waals surface area contributed by atoms with Crippen molar-refractivity contribution >= 4 is 0 Å². The number of hydrogen-bond acceptors (Lipinski definition) is 1. The maximum atomic E-state index is 4.37. The molecule has 0 radical (unpaired) electrons. The second kappa shape index (κ2) is 9.45. The average molecular weight is 396 g/mol. The van der Waals surface area contributed by atoms with Crippen molar-refractivity contribution in [2.75, 3.05) is 6.54 Å². The van der Waals surface area contributed by atoms with Crippen LogP contribution in [0.5, 0.6) is 0 Å². The van der Waals surface area contributed by atoms with Crippen LogP contribution in [0.2, 0.25) is 0 Å². The van der Waals surface area contributed by atoms with Crippen LogP contribution < -0.4 is 0 Å². The Labute approximate surface area is 182 Å². The molecule has 0 heterocycles. The van der Waals surface area contributed by atoms with Crippen LogP contribution in [0.4, 0.5) is 0 Å². The van der Waals surface area contributed by atoms with Gasteiger partial charge in [0.2, 0.25) is 0 Å². The van der Waals surface area contributed by atoms with Gasteiger partial charge in [-0.2, -0.15) is 0 Å². The maximum absolute atomic E-state index is 4.37. The van der Waals surface area contributed by atoms with E-state index in [2.05, 4.69) is 110 Å². The molecule has 0 N–H and O–H groups in total. The molecule has 154 valence electrons. The van der Waals surface area contributed by atoms with Gasteiger partial charge >= 0.3 is 0 Å². The summed E-state index contributed by atoms with van der Waals surface area (Å²) in [6.45, 7) is 12.0. The third kappa shape index (κ3) is 4.91. The fraction of sp³-hybridized carbons (Fsp3) is 0.310. The van der Waals surface area contributed by atoms with E-state index in [1.165, 1.54) is 22.3 Å². The first-order valence-electron chi connectivity index (χ1n) is 11.2. The summed E-state index contributed by atoms with van der Waals surface area (Å²) in [4.78, 5) is 2.62. The molecule has 0 aliphatic heterocycles. The maximum Gasteiger partial charge on any atom is 0.0237 e. The highest BCUT2D eigenvalue weighted by molar-refractivity contribution is 5.54. The van der Waals surface area contributed by atoms with Crippen molar-refractivity contribution in [2.24, 2.45) is 17.8 Å². The Morgan fingerprint density at radius 1 is 1.00 bits per heavy atom. The molecule has 0 bridgehead atoms.